The molecule has 7 rings (SSSR count). The number of primary amides is 1. The van der Waals surface area contributed by atoms with E-state index < -0.39 is 47.2 Å². The minimum Gasteiger partial charge on any atom is -0.454 e. The maximum Gasteiger partial charge on any atom is 0.264 e. The monoisotopic (exact) mass is 990 g/mol. The van der Waals surface area contributed by atoms with Crippen LogP contribution in [0.15, 0.2) is 60.7 Å². The van der Waals surface area contributed by atoms with E-state index in [0.29, 0.717) is 96.6 Å². The molecule has 4 aromatic rings. The number of imide groups is 2. The number of anilines is 2. The van der Waals surface area contributed by atoms with E-state index in [4.69, 9.17) is 44.6 Å². The molecular formula is C48H56F2N8O13. The number of aromatic nitrogens is 2. The van der Waals surface area contributed by atoms with Gasteiger partial charge in [0.15, 0.2) is 11.6 Å². The van der Waals surface area contributed by atoms with E-state index in [0.717, 1.165) is 17.0 Å². The molecule has 2 unspecified atom stereocenters. The van der Waals surface area contributed by atoms with Gasteiger partial charge in [0, 0.05) is 43.4 Å². The van der Waals surface area contributed by atoms with Gasteiger partial charge in [0.25, 0.3) is 17.7 Å². The molecule has 3 aliphatic rings. The van der Waals surface area contributed by atoms with Crippen LogP contribution in [0.2, 0.25) is 0 Å². The highest BCUT2D eigenvalue weighted by atomic mass is 19.1. The van der Waals surface area contributed by atoms with Crippen molar-refractivity contribution < 1.29 is 70.7 Å². The Morgan fingerprint density at radius 1 is 0.789 bits per heavy atom. The number of hydrogen-bond donors (Lipinski definition) is 4. The van der Waals surface area contributed by atoms with Gasteiger partial charge in [-0.15, -0.1) is 0 Å². The second-order valence-electron chi connectivity index (χ2n) is 16.5. The molecule has 2 saturated heterocycles. The van der Waals surface area contributed by atoms with Gasteiger partial charge in [-0.2, -0.15) is 5.10 Å². The van der Waals surface area contributed by atoms with Crippen molar-refractivity contribution in [2.24, 2.45) is 5.73 Å². The summed E-state index contributed by atoms with van der Waals surface area (Å²) in [6.45, 7) is 4.57. The highest BCUT2D eigenvalue weighted by molar-refractivity contribution is 6.25. The maximum atomic E-state index is 14.1. The fraction of sp³-hybridized carbons (Fsp3) is 0.438. The average molecular weight is 991 g/mol. The predicted octanol–water partition coefficient (Wildman–Crippen LogP) is 3.08. The van der Waals surface area contributed by atoms with Crippen LogP contribution in [-0.4, -0.2) is 160 Å². The van der Waals surface area contributed by atoms with Gasteiger partial charge in [-0.05, 0) is 67.8 Å². The largest absolute Gasteiger partial charge is 0.454 e. The molecule has 0 radical (unpaired) electrons. The summed E-state index contributed by atoms with van der Waals surface area (Å²) in [7, 11) is 0. The molecule has 380 valence electrons. The van der Waals surface area contributed by atoms with E-state index in [1.807, 2.05) is 0 Å². The van der Waals surface area contributed by atoms with Crippen LogP contribution >= 0.6 is 0 Å². The second kappa shape index (κ2) is 25.3. The zero-order chi connectivity index (χ0) is 50.3. The van der Waals surface area contributed by atoms with E-state index in [9.17, 15) is 37.5 Å². The van der Waals surface area contributed by atoms with Gasteiger partial charge in [0.2, 0.25) is 17.7 Å². The summed E-state index contributed by atoms with van der Waals surface area (Å²) >= 11 is 0. The fourth-order valence-electron chi connectivity index (χ4n) is 8.19. The smallest absolute Gasteiger partial charge is 0.264 e. The van der Waals surface area contributed by atoms with Gasteiger partial charge in [-0.25, -0.2) is 13.5 Å². The molecule has 0 saturated carbocycles. The molecule has 1 aromatic heterocycles. The van der Waals surface area contributed by atoms with Crippen molar-refractivity contribution in [2.75, 3.05) is 110 Å². The van der Waals surface area contributed by atoms with E-state index in [1.54, 1.807) is 41.3 Å². The van der Waals surface area contributed by atoms with Gasteiger partial charge in [0.1, 0.15) is 41.3 Å². The number of hydrogen-bond acceptors (Lipinski definition) is 16. The number of nitrogens with two attached hydrogens (primary N) is 2. The summed E-state index contributed by atoms with van der Waals surface area (Å²) in [5.41, 5.74) is 13.8. The maximum absolute atomic E-state index is 14.1. The molecule has 3 aliphatic heterocycles. The molecule has 6 amide bonds. The molecule has 3 aromatic carbocycles. The van der Waals surface area contributed by atoms with Crippen LogP contribution in [0.5, 0.6) is 11.5 Å². The topological polar surface area (TPSA) is 267 Å². The molecule has 0 bridgehead atoms. The van der Waals surface area contributed by atoms with Gasteiger partial charge < -0.3 is 54.8 Å². The lowest BCUT2D eigenvalue weighted by molar-refractivity contribution is -0.138. The molecule has 21 nitrogen and oxygen atoms in total. The van der Waals surface area contributed by atoms with Crippen LogP contribution < -0.4 is 26.8 Å². The lowest BCUT2D eigenvalue weighted by Gasteiger charge is -2.33. The molecule has 2 fully saturated rings. The van der Waals surface area contributed by atoms with E-state index in [1.165, 1.54) is 16.8 Å². The Morgan fingerprint density at radius 3 is 2.07 bits per heavy atom. The highest BCUT2D eigenvalue weighted by Gasteiger charge is 2.45. The van der Waals surface area contributed by atoms with Crippen LogP contribution in [0, 0.1) is 11.6 Å². The molecule has 0 spiro atoms. The van der Waals surface area contributed by atoms with Crippen molar-refractivity contribution in [3.63, 3.8) is 0 Å². The summed E-state index contributed by atoms with van der Waals surface area (Å²) in [6.07, 6.45) is 1.44. The number of amides is 6. The Kier molecular flexibility index (Phi) is 18.5. The van der Waals surface area contributed by atoms with Crippen molar-refractivity contribution in [1.29, 1.82) is 0 Å². The summed E-state index contributed by atoms with van der Waals surface area (Å²) < 4.78 is 67.8. The van der Waals surface area contributed by atoms with E-state index >= 15 is 0 Å². The third-order valence-electron chi connectivity index (χ3n) is 11.7. The Balaban J connectivity index is 0.688. The Hall–Kier alpha value is -6.89. The van der Waals surface area contributed by atoms with Crippen LogP contribution in [0.25, 0.3) is 11.3 Å². The third-order valence-corrected chi connectivity index (χ3v) is 11.7. The highest BCUT2D eigenvalue weighted by Crippen LogP contribution is 2.35. The quantitative estimate of drug-likeness (QED) is 0.0494. The Morgan fingerprint density at radius 2 is 1.44 bits per heavy atom. The molecule has 71 heavy (non-hydrogen) atoms. The van der Waals surface area contributed by atoms with Crippen molar-refractivity contribution in [3.8, 4) is 22.8 Å². The number of nitrogens with one attached hydrogen (secondary N) is 2. The van der Waals surface area contributed by atoms with Crippen molar-refractivity contribution in [2.45, 2.75) is 37.8 Å². The normalized spacial score (nSPS) is 16.9. The summed E-state index contributed by atoms with van der Waals surface area (Å²) in [4.78, 5) is 78.3. The van der Waals surface area contributed by atoms with Gasteiger partial charge >= 0.3 is 0 Å². The molecule has 23 heteroatoms. The summed E-state index contributed by atoms with van der Waals surface area (Å²) in [5.74, 6) is -4.65. The lowest BCUT2D eigenvalue weighted by atomic mass is 10.0. The van der Waals surface area contributed by atoms with E-state index in [2.05, 4.69) is 15.7 Å². The van der Waals surface area contributed by atoms with Crippen molar-refractivity contribution in [1.82, 2.24) is 24.9 Å². The number of carbonyl (C=O) groups excluding carboxylic acids is 6. The number of likely N-dealkylation sites (tertiary alicyclic amines) is 1. The zero-order valence-corrected chi connectivity index (χ0v) is 38.9. The first-order valence-corrected chi connectivity index (χ1v) is 23.1. The van der Waals surface area contributed by atoms with Crippen LogP contribution in [-0.2, 0) is 42.8 Å². The van der Waals surface area contributed by atoms with Crippen LogP contribution in [0.1, 0.15) is 62.8 Å². The first-order chi connectivity index (χ1) is 34.4. The van der Waals surface area contributed by atoms with Gasteiger partial charge in [-0.1, -0.05) is 6.07 Å². The summed E-state index contributed by atoms with van der Waals surface area (Å²) in [5, 5.41) is 9.96. The van der Waals surface area contributed by atoms with Crippen molar-refractivity contribution in [3.05, 3.63) is 89.0 Å². The van der Waals surface area contributed by atoms with Crippen molar-refractivity contribution >= 4 is 46.9 Å². The Labute approximate surface area is 406 Å². The number of benzene rings is 3. The van der Waals surface area contributed by atoms with Gasteiger partial charge in [0.05, 0.1) is 89.8 Å². The SMILES string of the molecule is NC(=O)c1c(-c2ccc(Oc3ccc(F)cc3F)cc2)nn(C2CCCN(C(=O)COCCOCCOCCOCCOCCOCCNc3cccc4c3C(=O)N(C3CCC(=O)NC3=O)C4=O)C2)c1N. The molecule has 4 heterocycles. The number of rotatable bonds is 27. The number of carbonyl (C=O) groups is 6. The molecule has 6 N–H and O–H groups in total. The van der Waals surface area contributed by atoms with Gasteiger partial charge in [-0.3, -0.25) is 39.0 Å². The average Bonchev–Trinajstić information content (AvgIpc) is 3.84. The standard InChI is InChI=1S/C48H56F2N8O13/c49-31-8-12-38(35(50)27-31)71-33-9-6-30(7-10-33)43-42(45(52)61)44(51)58(55-43)32-3-2-15-56(28-32)40(60)29-70-26-25-69-24-23-68-22-21-67-20-19-66-18-17-65-16-14-53-36-5-1-4-34-41(36)48(64)57(47(34)63)37-11-13-39(59)54-46(37)62/h1,4-10,12,27,32,37,53H,2-3,11,13-26,28-29,51H2,(H2,52,61)(H,54,59,62). The minimum atomic E-state index is -1.04. The lowest BCUT2D eigenvalue weighted by Crippen LogP contribution is -2.54. The molecular weight excluding hydrogens is 935 g/mol. The number of fused-ring (bicyclic) bond motifs is 1. The van der Waals surface area contributed by atoms with E-state index in [-0.39, 0.29) is 90.9 Å². The zero-order valence-electron chi connectivity index (χ0n) is 38.9. The predicted molar refractivity (Wildman–Crippen MR) is 248 cm³/mol. The van der Waals surface area contributed by atoms with Crippen LogP contribution in [0.4, 0.5) is 20.3 Å². The number of nitrogen functional groups attached to an aromatic ring is 1. The first kappa shape index (κ1) is 51.9. The summed E-state index contributed by atoms with van der Waals surface area (Å²) in [6, 6.07) is 12.8. The minimum absolute atomic E-state index is 0.0282. The Bertz CT molecular complexity index is 2550. The number of piperidine rings is 2. The fourth-order valence-corrected chi connectivity index (χ4v) is 8.19. The molecule has 2 atom stereocenters. The number of nitrogens with zero attached hydrogens (tertiary/aromatic N) is 4. The third kappa shape index (κ3) is 13.5. The molecule has 0 aliphatic carbocycles. The first-order valence-electron chi connectivity index (χ1n) is 23.1. The number of ether oxygens (including phenoxy) is 7. The number of halogens is 2. The van der Waals surface area contributed by atoms with Crippen LogP contribution in [0.3, 0.4) is 0 Å². The second-order valence-corrected chi connectivity index (χ2v) is 16.5.